The number of aromatic nitrogens is 1. The summed E-state index contributed by atoms with van der Waals surface area (Å²) in [6.07, 6.45) is -3.83. The van der Waals surface area contributed by atoms with E-state index in [1.165, 1.54) is 6.07 Å². The van der Waals surface area contributed by atoms with E-state index in [0.717, 1.165) is 28.8 Å². The van der Waals surface area contributed by atoms with E-state index in [9.17, 15) is 18.0 Å². The maximum atomic E-state index is 12.9. The molecule has 0 radical (unpaired) electrons. The molecular weight excluding hydrogens is 303 g/mol. The maximum absolute atomic E-state index is 12.9. The van der Waals surface area contributed by atoms with Gasteiger partial charge in [-0.05, 0) is 37.6 Å². The third-order valence-electron chi connectivity index (χ3n) is 3.94. The van der Waals surface area contributed by atoms with E-state index >= 15 is 0 Å². The summed E-state index contributed by atoms with van der Waals surface area (Å²) < 4.78 is 38.7. The van der Waals surface area contributed by atoms with Gasteiger partial charge in [0.2, 0.25) is 0 Å². The molecule has 0 amide bonds. The van der Waals surface area contributed by atoms with E-state index in [1.54, 1.807) is 0 Å². The minimum atomic E-state index is -4.44. The lowest BCUT2D eigenvalue weighted by molar-refractivity contribution is -0.137. The van der Waals surface area contributed by atoms with E-state index < -0.39 is 11.7 Å². The van der Waals surface area contributed by atoms with Gasteiger partial charge in [0, 0.05) is 22.0 Å². The molecule has 0 unspecified atom stereocenters. The number of carbonyl (C=O) groups excluding carboxylic acids is 1. The first-order valence-corrected chi connectivity index (χ1v) is 7.07. The van der Waals surface area contributed by atoms with Gasteiger partial charge >= 0.3 is 6.18 Å². The molecule has 1 aromatic heterocycles. The minimum Gasteiger partial charge on any atom is -0.354 e. The summed E-state index contributed by atoms with van der Waals surface area (Å²) >= 11 is 0. The number of hydrogen-bond acceptors (Lipinski definition) is 1. The van der Waals surface area contributed by atoms with Crippen molar-refractivity contribution in [3.63, 3.8) is 0 Å². The predicted octanol–water partition coefficient (Wildman–Crippen LogP) is 5.28. The first kappa shape index (κ1) is 15.3. The fourth-order valence-electron chi connectivity index (χ4n) is 2.82. The van der Waals surface area contributed by atoms with Gasteiger partial charge in [-0.15, -0.1) is 0 Å². The van der Waals surface area contributed by atoms with Gasteiger partial charge < -0.3 is 4.98 Å². The fourth-order valence-corrected chi connectivity index (χ4v) is 2.82. The molecule has 0 saturated carbocycles. The number of aryl methyl sites for hydroxylation is 2. The van der Waals surface area contributed by atoms with Crippen molar-refractivity contribution in [2.75, 3.05) is 0 Å². The molecule has 0 aliphatic rings. The Morgan fingerprint density at radius 2 is 1.78 bits per heavy atom. The minimum absolute atomic E-state index is 0.248. The molecule has 1 N–H and O–H groups in total. The van der Waals surface area contributed by atoms with E-state index in [1.807, 2.05) is 32.0 Å². The van der Waals surface area contributed by atoms with Crippen LogP contribution in [0.4, 0.5) is 13.2 Å². The second-order valence-corrected chi connectivity index (χ2v) is 5.61. The molecule has 0 fully saturated rings. The second kappa shape index (κ2) is 5.26. The van der Waals surface area contributed by atoms with Crippen LogP contribution in [0, 0.1) is 13.8 Å². The van der Waals surface area contributed by atoms with Gasteiger partial charge in [-0.2, -0.15) is 13.2 Å². The van der Waals surface area contributed by atoms with Crippen LogP contribution in [0.1, 0.15) is 27.0 Å². The third-order valence-corrected chi connectivity index (χ3v) is 3.94. The zero-order chi connectivity index (χ0) is 16.8. The van der Waals surface area contributed by atoms with E-state index in [2.05, 4.69) is 4.98 Å². The van der Waals surface area contributed by atoms with Crippen LogP contribution in [0.3, 0.4) is 0 Å². The van der Waals surface area contributed by atoms with Crippen LogP contribution in [0.5, 0.6) is 0 Å². The Morgan fingerprint density at radius 3 is 2.39 bits per heavy atom. The maximum Gasteiger partial charge on any atom is 0.416 e. The number of fused-ring (bicyclic) bond motifs is 1. The SMILES string of the molecule is Cc1ccc(-c2[nH]c3ccc(C(F)(F)F)cc3c2C=O)c(C)c1. The lowest BCUT2D eigenvalue weighted by Crippen LogP contribution is -2.04. The summed E-state index contributed by atoms with van der Waals surface area (Å²) in [5.74, 6) is 0. The van der Waals surface area contributed by atoms with Crippen LogP contribution in [0.15, 0.2) is 36.4 Å². The molecule has 0 aliphatic carbocycles. The van der Waals surface area contributed by atoms with Crippen LogP contribution in [-0.2, 0) is 6.18 Å². The quantitative estimate of drug-likeness (QED) is 0.641. The average molecular weight is 317 g/mol. The van der Waals surface area contributed by atoms with Gasteiger partial charge in [0.05, 0.1) is 11.3 Å². The van der Waals surface area contributed by atoms with Crippen LogP contribution in [0.2, 0.25) is 0 Å². The van der Waals surface area contributed by atoms with Crippen molar-refractivity contribution in [2.24, 2.45) is 0 Å². The highest BCUT2D eigenvalue weighted by molar-refractivity contribution is 6.04. The van der Waals surface area contributed by atoms with Gasteiger partial charge in [-0.25, -0.2) is 0 Å². The number of H-pyrrole nitrogens is 1. The van der Waals surface area contributed by atoms with E-state index in [-0.39, 0.29) is 10.9 Å². The highest BCUT2D eigenvalue weighted by Crippen LogP contribution is 2.36. The number of aldehydes is 1. The Hall–Kier alpha value is -2.56. The Bertz CT molecular complexity index is 907. The molecule has 2 nitrogen and oxygen atoms in total. The first-order valence-electron chi connectivity index (χ1n) is 7.07. The summed E-state index contributed by atoms with van der Waals surface area (Å²) in [5, 5.41) is 0.282. The molecule has 0 spiro atoms. The Balaban J connectivity index is 2.28. The molecular formula is C18H14F3NO. The summed E-state index contributed by atoms with van der Waals surface area (Å²) in [5.41, 5.74) is 3.38. The molecule has 0 saturated heterocycles. The van der Waals surface area contributed by atoms with Gasteiger partial charge in [0.1, 0.15) is 0 Å². The molecule has 0 aliphatic heterocycles. The number of halogens is 3. The van der Waals surface area contributed by atoms with E-state index in [4.69, 9.17) is 0 Å². The molecule has 1 heterocycles. The Morgan fingerprint density at radius 1 is 1.04 bits per heavy atom. The highest BCUT2D eigenvalue weighted by Gasteiger charge is 2.31. The molecule has 23 heavy (non-hydrogen) atoms. The fraction of sp³-hybridized carbons (Fsp3) is 0.167. The summed E-state index contributed by atoms with van der Waals surface area (Å²) in [6.45, 7) is 3.86. The van der Waals surface area contributed by atoms with Crippen molar-refractivity contribution >= 4 is 17.2 Å². The van der Waals surface area contributed by atoms with Crippen LogP contribution >= 0.6 is 0 Å². The number of benzene rings is 2. The Kier molecular flexibility index (Phi) is 3.51. The van der Waals surface area contributed by atoms with Crippen molar-refractivity contribution in [3.8, 4) is 11.3 Å². The van der Waals surface area contributed by atoms with Crippen molar-refractivity contribution < 1.29 is 18.0 Å². The van der Waals surface area contributed by atoms with E-state index in [0.29, 0.717) is 17.5 Å². The Labute approximate surface area is 130 Å². The monoisotopic (exact) mass is 317 g/mol. The number of nitrogens with one attached hydrogen (secondary N) is 1. The van der Waals surface area contributed by atoms with Crippen molar-refractivity contribution in [2.45, 2.75) is 20.0 Å². The molecule has 3 aromatic rings. The number of carbonyl (C=O) groups is 1. The average Bonchev–Trinajstić information content (AvgIpc) is 2.83. The zero-order valence-electron chi connectivity index (χ0n) is 12.6. The summed E-state index contributed by atoms with van der Waals surface area (Å²) in [6, 6.07) is 9.13. The number of hydrogen-bond donors (Lipinski definition) is 1. The molecule has 3 rings (SSSR count). The lowest BCUT2D eigenvalue weighted by atomic mass is 9.99. The number of alkyl halides is 3. The normalized spacial score (nSPS) is 11.9. The molecule has 2 aromatic carbocycles. The highest BCUT2D eigenvalue weighted by atomic mass is 19.4. The summed E-state index contributed by atoms with van der Waals surface area (Å²) in [4.78, 5) is 14.6. The molecule has 0 bridgehead atoms. The largest absolute Gasteiger partial charge is 0.416 e. The van der Waals surface area contributed by atoms with Gasteiger partial charge in [-0.1, -0.05) is 23.8 Å². The number of aromatic amines is 1. The topological polar surface area (TPSA) is 32.9 Å². The second-order valence-electron chi connectivity index (χ2n) is 5.61. The molecule has 0 atom stereocenters. The molecule has 5 heteroatoms. The lowest BCUT2D eigenvalue weighted by Gasteiger charge is -2.06. The van der Waals surface area contributed by atoms with Gasteiger partial charge in [-0.3, -0.25) is 4.79 Å². The smallest absolute Gasteiger partial charge is 0.354 e. The standard InChI is InChI=1S/C18H14F3NO/c1-10-3-5-13(11(2)7-10)17-15(9-23)14-8-12(18(19,20)21)4-6-16(14)22-17/h3-9,22H,1-2H3. The van der Waals surface area contributed by atoms with Crippen molar-refractivity contribution in [1.82, 2.24) is 4.98 Å². The van der Waals surface area contributed by atoms with Gasteiger partial charge in [0.25, 0.3) is 0 Å². The molecule has 118 valence electrons. The van der Waals surface area contributed by atoms with Gasteiger partial charge in [0.15, 0.2) is 6.29 Å². The third kappa shape index (κ3) is 2.63. The van der Waals surface area contributed by atoms with Crippen LogP contribution in [0.25, 0.3) is 22.2 Å². The number of rotatable bonds is 2. The predicted molar refractivity (Wildman–Crippen MR) is 83.6 cm³/mol. The van der Waals surface area contributed by atoms with Crippen LogP contribution in [-0.4, -0.2) is 11.3 Å². The summed E-state index contributed by atoms with van der Waals surface area (Å²) in [7, 11) is 0. The first-order chi connectivity index (χ1) is 10.8. The zero-order valence-corrected chi connectivity index (χ0v) is 12.6. The van der Waals surface area contributed by atoms with Crippen molar-refractivity contribution in [1.29, 1.82) is 0 Å². The van der Waals surface area contributed by atoms with Crippen molar-refractivity contribution in [3.05, 3.63) is 58.7 Å². The van der Waals surface area contributed by atoms with Crippen LogP contribution < -0.4 is 0 Å².